The lowest BCUT2D eigenvalue weighted by molar-refractivity contribution is 0.326. The van der Waals surface area contributed by atoms with Gasteiger partial charge in [0, 0.05) is 6.07 Å². The van der Waals surface area contributed by atoms with Gasteiger partial charge >= 0.3 is 0 Å². The summed E-state index contributed by atoms with van der Waals surface area (Å²) < 4.78 is 5.23. The van der Waals surface area contributed by atoms with E-state index in [1.165, 1.54) is 0 Å². The number of nitrogens with one attached hydrogen (secondary N) is 2. The van der Waals surface area contributed by atoms with Crippen molar-refractivity contribution in [2.24, 2.45) is 0 Å². The minimum absolute atomic E-state index is 0.00697. The summed E-state index contributed by atoms with van der Waals surface area (Å²) in [4.78, 5) is 7.62. The van der Waals surface area contributed by atoms with Crippen LogP contribution >= 0.6 is 34.8 Å². The van der Waals surface area contributed by atoms with E-state index in [0.29, 0.717) is 18.3 Å². The molecule has 0 atom stereocenters. The maximum Gasteiger partial charge on any atom is 0.225 e. The molecule has 2 N–H and O–H groups in total. The summed E-state index contributed by atoms with van der Waals surface area (Å²) in [7, 11) is 0. The number of nitrogens with zero attached hydrogens (tertiary/aromatic N) is 3. The Bertz CT molecular complexity index is 559. The van der Waals surface area contributed by atoms with Crippen molar-refractivity contribution in [3.8, 4) is 5.88 Å². The summed E-state index contributed by atoms with van der Waals surface area (Å²) in [6.07, 6.45) is 0. The van der Waals surface area contributed by atoms with E-state index in [9.17, 15) is 0 Å². The van der Waals surface area contributed by atoms with E-state index in [0.717, 1.165) is 0 Å². The van der Waals surface area contributed by atoms with Crippen molar-refractivity contribution in [2.45, 2.75) is 6.92 Å². The van der Waals surface area contributed by atoms with Crippen LogP contribution in [0.2, 0.25) is 15.5 Å². The first-order valence-corrected chi connectivity index (χ1v) is 6.07. The first-order chi connectivity index (χ1) is 8.60. The largest absolute Gasteiger partial charge is 0.478 e. The molecule has 0 aliphatic carbocycles. The van der Waals surface area contributed by atoms with E-state index in [1.54, 1.807) is 6.07 Å². The molecule has 0 radical (unpaired) electrons. The molecular weight excluding hydrogens is 300 g/mol. The van der Waals surface area contributed by atoms with Crippen LogP contribution in [0.3, 0.4) is 0 Å². The van der Waals surface area contributed by atoms with Gasteiger partial charge in [-0.05, 0) is 18.5 Å². The van der Waals surface area contributed by atoms with Crippen molar-refractivity contribution < 1.29 is 4.74 Å². The maximum absolute atomic E-state index is 5.94. The van der Waals surface area contributed by atoms with Gasteiger partial charge in [0.05, 0.1) is 6.61 Å². The molecule has 0 amide bonds. The van der Waals surface area contributed by atoms with Gasteiger partial charge in [-0.2, -0.15) is 10.1 Å². The number of anilines is 2. The van der Waals surface area contributed by atoms with Crippen LogP contribution in [0.25, 0.3) is 0 Å². The van der Waals surface area contributed by atoms with Gasteiger partial charge in [-0.3, -0.25) is 0 Å². The molecule has 0 aliphatic heterocycles. The highest BCUT2D eigenvalue weighted by Gasteiger charge is 2.12. The van der Waals surface area contributed by atoms with Gasteiger partial charge < -0.3 is 10.1 Å². The normalized spacial score (nSPS) is 10.4. The number of H-pyrrole nitrogens is 1. The number of halogens is 3. The van der Waals surface area contributed by atoms with Crippen molar-refractivity contribution >= 4 is 46.4 Å². The molecule has 0 saturated heterocycles. The topological polar surface area (TPSA) is 75.7 Å². The first kappa shape index (κ1) is 13.2. The minimum Gasteiger partial charge on any atom is -0.478 e. The number of ether oxygens (including phenoxy) is 1. The second-order valence-corrected chi connectivity index (χ2v) is 4.20. The van der Waals surface area contributed by atoms with Gasteiger partial charge in [0.1, 0.15) is 5.02 Å². The number of aromatic nitrogens is 4. The van der Waals surface area contributed by atoms with Crippen LogP contribution in [-0.4, -0.2) is 26.8 Å². The van der Waals surface area contributed by atoms with Gasteiger partial charge in [0.25, 0.3) is 0 Å². The monoisotopic (exact) mass is 307 g/mol. The lowest BCUT2D eigenvalue weighted by Crippen LogP contribution is -1.97. The van der Waals surface area contributed by atoms with Gasteiger partial charge in [-0.25, -0.2) is 10.1 Å². The number of aromatic amines is 1. The van der Waals surface area contributed by atoms with Crippen molar-refractivity contribution in [1.82, 2.24) is 20.2 Å². The lowest BCUT2D eigenvalue weighted by Gasteiger charge is -2.05. The van der Waals surface area contributed by atoms with Gasteiger partial charge in [-0.15, -0.1) is 0 Å². The molecule has 0 aliphatic rings. The molecule has 0 fully saturated rings. The molecule has 9 heteroatoms. The Hall–Kier alpha value is -1.24. The Morgan fingerprint density at radius 3 is 2.83 bits per heavy atom. The van der Waals surface area contributed by atoms with E-state index < -0.39 is 0 Å². The molecular formula is C9H8Cl3N5O. The van der Waals surface area contributed by atoms with Gasteiger partial charge in [0.2, 0.25) is 11.2 Å². The molecule has 18 heavy (non-hydrogen) atoms. The molecule has 0 aromatic carbocycles. The van der Waals surface area contributed by atoms with Crippen molar-refractivity contribution in [3.05, 3.63) is 21.5 Å². The summed E-state index contributed by atoms with van der Waals surface area (Å²) >= 11 is 17.4. The molecule has 2 heterocycles. The number of rotatable bonds is 4. The average Bonchev–Trinajstić information content (AvgIpc) is 2.73. The van der Waals surface area contributed by atoms with E-state index in [4.69, 9.17) is 39.5 Å². The zero-order valence-electron chi connectivity index (χ0n) is 9.17. The summed E-state index contributed by atoms with van der Waals surface area (Å²) in [6, 6.07) is 1.66. The second-order valence-electron chi connectivity index (χ2n) is 3.12. The van der Waals surface area contributed by atoms with E-state index in [2.05, 4.69) is 25.5 Å². The summed E-state index contributed by atoms with van der Waals surface area (Å²) in [6.45, 7) is 2.41. The number of hydrogen-bond acceptors (Lipinski definition) is 5. The quantitative estimate of drug-likeness (QED) is 0.669. The first-order valence-electron chi connectivity index (χ1n) is 4.94. The fourth-order valence-electron chi connectivity index (χ4n) is 1.20. The smallest absolute Gasteiger partial charge is 0.225 e. The molecule has 0 bridgehead atoms. The lowest BCUT2D eigenvalue weighted by atomic mass is 10.5. The highest BCUT2D eigenvalue weighted by molar-refractivity contribution is 6.43. The summed E-state index contributed by atoms with van der Waals surface area (Å²) in [5.41, 5.74) is 0. The van der Waals surface area contributed by atoms with Crippen LogP contribution in [0.15, 0.2) is 6.07 Å². The third-order valence-electron chi connectivity index (χ3n) is 1.88. The van der Waals surface area contributed by atoms with Crippen LogP contribution in [0.1, 0.15) is 6.92 Å². The highest BCUT2D eigenvalue weighted by atomic mass is 35.5. The number of hydrogen-bond donors (Lipinski definition) is 2. The molecule has 2 aromatic rings. The van der Waals surface area contributed by atoms with E-state index in [-0.39, 0.29) is 21.3 Å². The summed E-state index contributed by atoms with van der Waals surface area (Å²) in [5.74, 6) is 1.28. The Balaban J connectivity index is 2.22. The zero-order chi connectivity index (χ0) is 13.1. The summed E-state index contributed by atoms with van der Waals surface area (Å²) in [5, 5.41) is 9.74. The Morgan fingerprint density at radius 2 is 2.11 bits per heavy atom. The molecule has 96 valence electrons. The standard InChI is InChI=1S/C9H8Cl3N5O/c1-2-18-5-3-4(16-17-5)13-8-6(10)7(11)14-9(12)15-8/h3H,2H2,1H3,(H2,13,14,15,16,17). The minimum atomic E-state index is -0.00697. The second kappa shape index (κ2) is 5.60. The Labute approximate surface area is 118 Å². The maximum atomic E-state index is 5.94. The van der Waals surface area contributed by atoms with Crippen LogP contribution in [0, 0.1) is 0 Å². The fraction of sp³-hybridized carbons (Fsp3) is 0.222. The predicted molar refractivity (Wildman–Crippen MR) is 70.1 cm³/mol. The third kappa shape index (κ3) is 2.95. The van der Waals surface area contributed by atoms with Gasteiger partial charge in [0.15, 0.2) is 16.8 Å². The molecule has 0 spiro atoms. The van der Waals surface area contributed by atoms with Crippen LogP contribution in [-0.2, 0) is 0 Å². The Morgan fingerprint density at radius 1 is 1.33 bits per heavy atom. The molecule has 2 rings (SSSR count). The zero-order valence-corrected chi connectivity index (χ0v) is 11.4. The van der Waals surface area contributed by atoms with Crippen molar-refractivity contribution in [2.75, 3.05) is 11.9 Å². The Kier molecular flexibility index (Phi) is 4.11. The average molecular weight is 309 g/mol. The third-order valence-corrected chi connectivity index (χ3v) is 2.78. The van der Waals surface area contributed by atoms with Crippen molar-refractivity contribution in [3.63, 3.8) is 0 Å². The predicted octanol–water partition coefficient (Wildman–Crippen LogP) is 3.30. The SMILES string of the molecule is CCOc1cc(Nc2nc(Cl)nc(Cl)c2Cl)n[nH]1. The van der Waals surface area contributed by atoms with E-state index >= 15 is 0 Å². The van der Waals surface area contributed by atoms with Gasteiger partial charge in [-0.1, -0.05) is 23.2 Å². The molecule has 6 nitrogen and oxygen atoms in total. The van der Waals surface area contributed by atoms with Crippen LogP contribution < -0.4 is 10.1 Å². The highest BCUT2D eigenvalue weighted by Crippen LogP contribution is 2.30. The fourth-order valence-corrected chi connectivity index (χ4v) is 1.71. The van der Waals surface area contributed by atoms with Crippen molar-refractivity contribution in [1.29, 1.82) is 0 Å². The van der Waals surface area contributed by atoms with Crippen LogP contribution in [0.4, 0.5) is 11.6 Å². The van der Waals surface area contributed by atoms with E-state index in [1.807, 2.05) is 6.92 Å². The van der Waals surface area contributed by atoms with Crippen LogP contribution in [0.5, 0.6) is 5.88 Å². The molecule has 2 aromatic heterocycles. The molecule has 0 saturated carbocycles. The molecule has 0 unspecified atom stereocenters.